The number of pyridine rings is 1. The Morgan fingerprint density at radius 3 is 2.36 bits per heavy atom. The molecule has 1 aliphatic heterocycles. The molecule has 0 saturated carbocycles. The van der Waals surface area contributed by atoms with Crippen LogP contribution < -0.4 is 4.74 Å². The van der Waals surface area contributed by atoms with Crippen LogP contribution in [0, 0.1) is 0 Å². The van der Waals surface area contributed by atoms with E-state index in [1.165, 1.54) is 4.90 Å². The number of rotatable bonds is 6. The Hall–Kier alpha value is -3.35. The number of carbonyl (C=O) groups excluding carboxylic acids is 2. The van der Waals surface area contributed by atoms with Gasteiger partial charge in [0.1, 0.15) is 11.5 Å². The molecule has 168 valence electrons. The lowest BCUT2D eigenvalue weighted by atomic mass is 9.95. The van der Waals surface area contributed by atoms with E-state index in [1.54, 1.807) is 67.0 Å². The van der Waals surface area contributed by atoms with E-state index in [2.05, 4.69) is 4.98 Å². The molecule has 3 aromatic rings. The van der Waals surface area contributed by atoms with Crippen LogP contribution in [0.4, 0.5) is 0 Å². The largest absolute Gasteiger partial charge is 0.507 e. The number of ether oxygens (including phenoxy) is 1. The lowest BCUT2D eigenvalue weighted by molar-refractivity contribution is -0.140. The first kappa shape index (κ1) is 22.8. The van der Waals surface area contributed by atoms with Gasteiger partial charge in [0.25, 0.3) is 11.7 Å². The quantitative estimate of drug-likeness (QED) is 0.288. The average Bonchev–Trinajstić information content (AvgIpc) is 3.07. The van der Waals surface area contributed by atoms with Crippen molar-refractivity contribution < 1.29 is 19.4 Å². The van der Waals surface area contributed by atoms with E-state index < -0.39 is 17.7 Å². The number of hydrogen-bond donors (Lipinski definition) is 1. The Balaban J connectivity index is 1.84. The molecule has 6 nitrogen and oxygen atoms in total. The molecule has 2 aromatic carbocycles. The van der Waals surface area contributed by atoms with Gasteiger partial charge >= 0.3 is 0 Å². The van der Waals surface area contributed by atoms with Crippen molar-refractivity contribution in [3.63, 3.8) is 0 Å². The number of Topliss-reactive ketones (excluding diaryl/α,β-unsaturated/α-hetero) is 1. The number of likely N-dealkylation sites (tertiary alicyclic amines) is 1. The second-order valence-corrected chi connectivity index (χ2v) is 8.23. The first-order valence-corrected chi connectivity index (χ1v) is 11.0. The summed E-state index contributed by atoms with van der Waals surface area (Å²) in [5.41, 5.74) is 1.73. The molecule has 1 saturated heterocycles. The number of halogens is 2. The third-order valence-electron chi connectivity index (χ3n) is 5.34. The van der Waals surface area contributed by atoms with E-state index in [0.717, 1.165) is 5.56 Å². The van der Waals surface area contributed by atoms with Gasteiger partial charge in [0.2, 0.25) is 0 Å². The van der Waals surface area contributed by atoms with Gasteiger partial charge in [-0.2, -0.15) is 0 Å². The number of benzene rings is 2. The van der Waals surface area contributed by atoms with Crippen LogP contribution in [0.1, 0.15) is 29.7 Å². The van der Waals surface area contributed by atoms with Gasteiger partial charge in [-0.3, -0.25) is 14.6 Å². The number of carbonyl (C=O) groups is 2. The van der Waals surface area contributed by atoms with E-state index in [1.807, 2.05) is 6.92 Å². The zero-order valence-electron chi connectivity index (χ0n) is 17.7. The Kier molecular flexibility index (Phi) is 6.67. The van der Waals surface area contributed by atoms with Crippen molar-refractivity contribution in [2.75, 3.05) is 6.61 Å². The average molecular weight is 483 g/mol. The summed E-state index contributed by atoms with van der Waals surface area (Å²) in [6.45, 7) is 2.52. The fraction of sp³-hybridized carbons (Fsp3) is 0.160. The molecular formula is C25H20Cl2N2O4. The van der Waals surface area contributed by atoms with E-state index in [4.69, 9.17) is 27.9 Å². The highest BCUT2D eigenvalue weighted by atomic mass is 35.5. The second-order valence-electron chi connectivity index (χ2n) is 7.41. The predicted molar refractivity (Wildman–Crippen MR) is 126 cm³/mol. The number of aromatic nitrogens is 1. The van der Waals surface area contributed by atoms with Crippen LogP contribution in [0.15, 0.2) is 72.6 Å². The van der Waals surface area contributed by atoms with Gasteiger partial charge in [-0.1, -0.05) is 29.3 Å². The van der Waals surface area contributed by atoms with Crippen LogP contribution in [0.25, 0.3) is 5.76 Å². The summed E-state index contributed by atoms with van der Waals surface area (Å²) in [5, 5.41) is 11.8. The highest BCUT2D eigenvalue weighted by Crippen LogP contribution is 2.41. The molecule has 4 rings (SSSR count). The molecule has 1 amide bonds. The minimum atomic E-state index is -0.848. The van der Waals surface area contributed by atoms with Crippen LogP contribution in [0.5, 0.6) is 5.75 Å². The number of aliphatic hydroxyl groups excluding tert-OH is 1. The fourth-order valence-electron chi connectivity index (χ4n) is 3.79. The van der Waals surface area contributed by atoms with Gasteiger partial charge in [0.15, 0.2) is 0 Å². The summed E-state index contributed by atoms with van der Waals surface area (Å²) in [6.07, 6.45) is 3.22. The first-order chi connectivity index (χ1) is 15.9. The number of aliphatic hydroxyl groups is 1. The highest BCUT2D eigenvalue weighted by Gasteiger charge is 2.46. The molecule has 0 spiro atoms. The fourth-order valence-corrected chi connectivity index (χ4v) is 4.09. The van der Waals surface area contributed by atoms with Crippen molar-refractivity contribution in [1.82, 2.24) is 9.88 Å². The third kappa shape index (κ3) is 4.58. The minimum Gasteiger partial charge on any atom is -0.507 e. The topological polar surface area (TPSA) is 79.7 Å². The van der Waals surface area contributed by atoms with Crippen molar-refractivity contribution in [3.8, 4) is 5.75 Å². The van der Waals surface area contributed by atoms with Gasteiger partial charge in [-0.15, -0.1) is 0 Å². The number of nitrogens with zero attached hydrogens (tertiary/aromatic N) is 2. The van der Waals surface area contributed by atoms with Gasteiger partial charge in [0.05, 0.1) is 28.3 Å². The smallest absolute Gasteiger partial charge is 0.295 e. The molecule has 1 atom stereocenters. The zero-order valence-corrected chi connectivity index (χ0v) is 19.2. The SMILES string of the molecule is CCOc1ccc(/C(O)=C2/C(=O)C(=O)N(Cc3ccncc3)C2c2ccc(Cl)c(Cl)c2)cc1. The van der Waals surface area contributed by atoms with Crippen LogP contribution in [0.3, 0.4) is 0 Å². The van der Waals surface area contributed by atoms with E-state index in [-0.39, 0.29) is 22.9 Å². The van der Waals surface area contributed by atoms with Crippen molar-refractivity contribution in [1.29, 1.82) is 0 Å². The minimum absolute atomic E-state index is 0.0170. The number of ketones is 1. The van der Waals surface area contributed by atoms with E-state index in [0.29, 0.717) is 28.5 Å². The summed E-state index contributed by atoms with van der Waals surface area (Å²) in [6, 6.07) is 14.2. The summed E-state index contributed by atoms with van der Waals surface area (Å²) in [5.74, 6) is -1.13. The highest BCUT2D eigenvalue weighted by molar-refractivity contribution is 6.46. The lowest BCUT2D eigenvalue weighted by Gasteiger charge is -2.25. The van der Waals surface area contributed by atoms with Crippen molar-refractivity contribution in [2.45, 2.75) is 19.5 Å². The van der Waals surface area contributed by atoms with Crippen LogP contribution in [-0.4, -0.2) is 33.3 Å². The molecule has 1 aromatic heterocycles. The van der Waals surface area contributed by atoms with E-state index >= 15 is 0 Å². The lowest BCUT2D eigenvalue weighted by Crippen LogP contribution is -2.29. The van der Waals surface area contributed by atoms with Crippen LogP contribution >= 0.6 is 23.2 Å². The Morgan fingerprint density at radius 2 is 1.73 bits per heavy atom. The number of hydrogen-bond acceptors (Lipinski definition) is 5. The van der Waals surface area contributed by atoms with Crippen LogP contribution in [0.2, 0.25) is 10.0 Å². The monoisotopic (exact) mass is 482 g/mol. The van der Waals surface area contributed by atoms with Gasteiger partial charge in [-0.25, -0.2) is 0 Å². The molecule has 2 heterocycles. The second kappa shape index (κ2) is 9.65. The van der Waals surface area contributed by atoms with Crippen molar-refractivity contribution >= 4 is 40.7 Å². The summed E-state index contributed by atoms with van der Waals surface area (Å²) < 4.78 is 5.44. The van der Waals surface area contributed by atoms with Crippen LogP contribution in [-0.2, 0) is 16.1 Å². The summed E-state index contributed by atoms with van der Waals surface area (Å²) in [4.78, 5) is 31.6. The Bertz CT molecular complexity index is 1230. The predicted octanol–water partition coefficient (Wildman–Crippen LogP) is 5.41. The molecule has 33 heavy (non-hydrogen) atoms. The molecule has 1 aliphatic rings. The van der Waals surface area contributed by atoms with Gasteiger partial charge in [-0.05, 0) is 66.6 Å². The molecule has 1 fully saturated rings. The normalized spacial score (nSPS) is 17.4. The Morgan fingerprint density at radius 1 is 1.03 bits per heavy atom. The molecular weight excluding hydrogens is 463 g/mol. The molecule has 1 N–H and O–H groups in total. The van der Waals surface area contributed by atoms with E-state index in [9.17, 15) is 14.7 Å². The third-order valence-corrected chi connectivity index (χ3v) is 6.08. The maximum absolute atomic E-state index is 13.1. The molecule has 1 unspecified atom stereocenters. The standard InChI is InChI=1S/C25H20Cl2N2O4/c1-2-33-18-6-3-16(4-7-18)23(30)21-22(17-5-8-19(26)20(27)13-17)29(25(32)24(21)31)14-15-9-11-28-12-10-15/h3-13,22,30H,2,14H2,1H3/b23-21-. The maximum atomic E-state index is 13.1. The zero-order chi connectivity index (χ0) is 23.5. The maximum Gasteiger partial charge on any atom is 0.295 e. The summed E-state index contributed by atoms with van der Waals surface area (Å²) >= 11 is 12.3. The summed E-state index contributed by atoms with van der Waals surface area (Å²) in [7, 11) is 0. The Labute approximate surface area is 201 Å². The van der Waals surface area contributed by atoms with Crippen molar-refractivity contribution in [3.05, 3.63) is 99.3 Å². The first-order valence-electron chi connectivity index (χ1n) is 10.3. The molecule has 0 radical (unpaired) electrons. The molecule has 0 aliphatic carbocycles. The van der Waals surface area contributed by atoms with Gasteiger partial charge in [0, 0.05) is 24.5 Å². The molecule has 8 heteroatoms. The molecule has 0 bridgehead atoms. The number of amides is 1. The van der Waals surface area contributed by atoms with Gasteiger partial charge < -0.3 is 14.7 Å². The van der Waals surface area contributed by atoms with Crippen molar-refractivity contribution in [2.24, 2.45) is 0 Å².